The number of hydrogen-bond acceptors (Lipinski definition) is 4. The van der Waals surface area contributed by atoms with Gasteiger partial charge in [0.1, 0.15) is 18.0 Å². The summed E-state index contributed by atoms with van der Waals surface area (Å²) in [4.78, 5) is 0. The molecule has 0 radical (unpaired) electrons. The van der Waals surface area contributed by atoms with E-state index in [0.717, 1.165) is 31.7 Å². The Bertz CT molecular complexity index is 318. The maximum absolute atomic E-state index is 9.97. The Morgan fingerprint density at radius 1 is 1.21 bits per heavy atom. The number of aliphatic hydroxyl groups excluding tert-OH is 1. The fraction of sp³-hybridized carbons (Fsp3) is 0.600. The van der Waals surface area contributed by atoms with Crippen LogP contribution in [0.3, 0.4) is 0 Å². The third-order valence-electron chi connectivity index (χ3n) is 2.91. The maximum atomic E-state index is 9.97. The third kappa shape index (κ3) is 7.15. The second kappa shape index (κ2) is 9.78. The van der Waals surface area contributed by atoms with Crippen molar-refractivity contribution in [1.82, 2.24) is 5.32 Å². The minimum absolute atomic E-state index is 0.228. The van der Waals surface area contributed by atoms with Crippen LogP contribution in [0.15, 0.2) is 30.3 Å². The predicted octanol–water partition coefficient (Wildman–Crippen LogP) is 1.83. The van der Waals surface area contributed by atoms with E-state index in [-0.39, 0.29) is 6.10 Å². The van der Waals surface area contributed by atoms with Crippen molar-refractivity contribution in [3.63, 3.8) is 0 Å². The Labute approximate surface area is 115 Å². The first-order valence-corrected chi connectivity index (χ1v) is 6.83. The van der Waals surface area contributed by atoms with Gasteiger partial charge in [0.05, 0.1) is 0 Å². The summed E-state index contributed by atoms with van der Waals surface area (Å²) in [5.74, 6) is 0.786. The first-order chi connectivity index (χ1) is 9.24. The highest BCUT2D eigenvalue weighted by Crippen LogP contribution is 2.12. The number of para-hydroxylation sites is 1. The molecule has 0 aromatic heterocycles. The summed E-state index contributed by atoms with van der Waals surface area (Å²) in [5.41, 5.74) is 0. The van der Waals surface area contributed by atoms with Gasteiger partial charge in [-0.05, 0) is 38.4 Å². The normalized spacial score (nSPS) is 14.1. The van der Waals surface area contributed by atoms with E-state index in [1.54, 1.807) is 7.11 Å². The van der Waals surface area contributed by atoms with Gasteiger partial charge < -0.3 is 19.9 Å². The Kier molecular flexibility index (Phi) is 8.21. The average Bonchev–Trinajstić information content (AvgIpc) is 2.43. The van der Waals surface area contributed by atoms with Gasteiger partial charge in [0.2, 0.25) is 0 Å². The summed E-state index contributed by atoms with van der Waals surface area (Å²) in [6.45, 7) is 4.10. The quantitative estimate of drug-likeness (QED) is 0.635. The lowest BCUT2D eigenvalue weighted by Crippen LogP contribution is -2.38. The van der Waals surface area contributed by atoms with Crippen LogP contribution in [0.5, 0.6) is 5.75 Å². The second-order valence-corrected chi connectivity index (χ2v) is 4.61. The Hall–Kier alpha value is -1.10. The number of rotatable bonds is 10. The molecule has 2 N–H and O–H groups in total. The molecule has 1 aromatic carbocycles. The third-order valence-corrected chi connectivity index (χ3v) is 2.91. The van der Waals surface area contributed by atoms with E-state index in [4.69, 9.17) is 9.47 Å². The molecule has 0 aliphatic carbocycles. The van der Waals surface area contributed by atoms with Crippen LogP contribution in [-0.2, 0) is 4.74 Å². The molecule has 2 atom stereocenters. The van der Waals surface area contributed by atoms with E-state index in [2.05, 4.69) is 5.32 Å². The van der Waals surface area contributed by atoms with Crippen molar-refractivity contribution in [2.75, 3.05) is 26.8 Å². The first kappa shape index (κ1) is 16.0. The lowest BCUT2D eigenvalue weighted by molar-refractivity contribution is 0.0476. The SMILES string of the molecule is COCCCCNCC(O)C(C)Oc1ccccc1. The van der Waals surface area contributed by atoms with E-state index in [0.29, 0.717) is 6.54 Å². The molecule has 0 aliphatic heterocycles. The summed E-state index contributed by atoms with van der Waals surface area (Å²) < 4.78 is 10.6. The highest BCUT2D eigenvalue weighted by molar-refractivity contribution is 5.21. The van der Waals surface area contributed by atoms with Crippen LogP contribution in [0.2, 0.25) is 0 Å². The number of aliphatic hydroxyl groups is 1. The maximum Gasteiger partial charge on any atom is 0.123 e. The number of methoxy groups -OCH3 is 1. The van der Waals surface area contributed by atoms with Gasteiger partial charge in [0, 0.05) is 20.3 Å². The van der Waals surface area contributed by atoms with Crippen molar-refractivity contribution >= 4 is 0 Å². The number of benzene rings is 1. The summed E-state index contributed by atoms with van der Waals surface area (Å²) in [6, 6.07) is 9.56. The van der Waals surface area contributed by atoms with Crippen molar-refractivity contribution in [3.8, 4) is 5.75 Å². The molecular formula is C15H25NO3. The number of unbranched alkanes of at least 4 members (excludes halogenated alkanes) is 1. The lowest BCUT2D eigenvalue weighted by Gasteiger charge is -2.21. The molecular weight excluding hydrogens is 242 g/mol. The molecule has 0 aliphatic rings. The summed E-state index contributed by atoms with van der Waals surface area (Å²) in [5, 5.41) is 13.2. The fourth-order valence-electron chi connectivity index (χ4n) is 1.70. The highest BCUT2D eigenvalue weighted by Gasteiger charge is 2.15. The van der Waals surface area contributed by atoms with Gasteiger partial charge in [-0.25, -0.2) is 0 Å². The van der Waals surface area contributed by atoms with E-state index in [1.165, 1.54) is 0 Å². The molecule has 0 bridgehead atoms. The molecule has 4 nitrogen and oxygen atoms in total. The molecule has 108 valence electrons. The monoisotopic (exact) mass is 267 g/mol. The fourth-order valence-corrected chi connectivity index (χ4v) is 1.70. The number of ether oxygens (including phenoxy) is 2. The smallest absolute Gasteiger partial charge is 0.123 e. The van der Waals surface area contributed by atoms with Crippen molar-refractivity contribution in [3.05, 3.63) is 30.3 Å². The zero-order valence-corrected chi connectivity index (χ0v) is 11.8. The number of nitrogens with one attached hydrogen (secondary N) is 1. The van der Waals surface area contributed by atoms with Crippen molar-refractivity contribution in [2.24, 2.45) is 0 Å². The van der Waals surface area contributed by atoms with Crippen LogP contribution in [0, 0.1) is 0 Å². The topological polar surface area (TPSA) is 50.7 Å². The van der Waals surface area contributed by atoms with Crippen molar-refractivity contribution in [2.45, 2.75) is 32.0 Å². The minimum Gasteiger partial charge on any atom is -0.488 e. The molecule has 0 saturated heterocycles. The largest absolute Gasteiger partial charge is 0.488 e. The molecule has 0 spiro atoms. The standard InChI is InChI=1S/C15H25NO3/c1-13(19-14-8-4-3-5-9-14)15(17)12-16-10-6-7-11-18-2/h3-5,8-9,13,15-17H,6-7,10-12H2,1-2H3. The Balaban J connectivity index is 2.13. The van der Waals surface area contributed by atoms with Gasteiger partial charge >= 0.3 is 0 Å². The molecule has 0 saturated carbocycles. The van der Waals surface area contributed by atoms with E-state index in [9.17, 15) is 5.11 Å². The highest BCUT2D eigenvalue weighted by atomic mass is 16.5. The molecule has 1 aromatic rings. The average molecular weight is 267 g/mol. The lowest BCUT2D eigenvalue weighted by atomic mass is 10.2. The Morgan fingerprint density at radius 3 is 2.63 bits per heavy atom. The molecule has 0 fully saturated rings. The van der Waals surface area contributed by atoms with Gasteiger partial charge in [-0.3, -0.25) is 0 Å². The van der Waals surface area contributed by atoms with Gasteiger partial charge in [0.15, 0.2) is 0 Å². The summed E-state index contributed by atoms with van der Waals surface area (Å²) in [6.07, 6.45) is 1.35. The van der Waals surface area contributed by atoms with Crippen molar-refractivity contribution < 1.29 is 14.6 Å². The first-order valence-electron chi connectivity index (χ1n) is 6.83. The van der Waals surface area contributed by atoms with Gasteiger partial charge in [-0.1, -0.05) is 18.2 Å². The molecule has 2 unspecified atom stereocenters. The predicted molar refractivity (Wildman–Crippen MR) is 76.5 cm³/mol. The number of hydrogen-bond donors (Lipinski definition) is 2. The minimum atomic E-state index is -0.511. The summed E-state index contributed by atoms with van der Waals surface area (Å²) in [7, 11) is 1.71. The van der Waals surface area contributed by atoms with Crippen LogP contribution in [0.4, 0.5) is 0 Å². The molecule has 4 heteroatoms. The van der Waals surface area contributed by atoms with Crippen LogP contribution in [-0.4, -0.2) is 44.1 Å². The van der Waals surface area contributed by atoms with Gasteiger partial charge in [0.25, 0.3) is 0 Å². The van der Waals surface area contributed by atoms with Crippen LogP contribution < -0.4 is 10.1 Å². The van der Waals surface area contributed by atoms with Gasteiger partial charge in [-0.2, -0.15) is 0 Å². The molecule has 0 amide bonds. The Morgan fingerprint density at radius 2 is 1.95 bits per heavy atom. The molecule has 0 heterocycles. The zero-order valence-electron chi connectivity index (χ0n) is 11.8. The molecule has 1 rings (SSSR count). The van der Waals surface area contributed by atoms with Crippen LogP contribution >= 0.6 is 0 Å². The molecule has 19 heavy (non-hydrogen) atoms. The van der Waals surface area contributed by atoms with Crippen LogP contribution in [0.25, 0.3) is 0 Å². The van der Waals surface area contributed by atoms with E-state index < -0.39 is 6.10 Å². The second-order valence-electron chi connectivity index (χ2n) is 4.61. The van der Waals surface area contributed by atoms with E-state index in [1.807, 2.05) is 37.3 Å². The summed E-state index contributed by atoms with van der Waals surface area (Å²) >= 11 is 0. The van der Waals surface area contributed by atoms with Crippen LogP contribution in [0.1, 0.15) is 19.8 Å². The van der Waals surface area contributed by atoms with Crippen molar-refractivity contribution in [1.29, 1.82) is 0 Å². The zero-order chi connectivity index (χ0) is 13.9. The van der Waals surface area contributed by atoms with E-state index >= 15 is 0 Å². The van der Waals surface area contributed by atoms with Gasteiger partial charge in [-0.15, -0.1) is 0 Å².